The van der Waals surface area contributed by atoms with Crippen LogP contribution >= 0.6 is 0 Å². The van der Waals surface area contributed by atoms with Gasteiger partial charge >= 0.3 is 6.09 Å². The lowest BCUT2D eigenvalue weighted by atomic mass is 9.83. The fraction of sp³-hybridized carbons (Fsp3) is 0.423. The van der Waals surface area contributed by atoms with Crippen molar-refractivity contribution < 1.29 is 17.2 Å². The Balaban J connectivity index is 0.00000149. The second-order valence-corrected chi connectivity index (χ2v) is 8.94. The summed E-state index contributed by atoms with van der Waals surface area (Å²) in [6.45, 7) is 9.98. The molecular weight excluding hydrogens is 416 g/mol. The van der Waals surface area contributed by atoms with Gasteiger partial charge in [0.05, 0.1) is 11.7 Å². The van der Waals surface area contributed by atoms with Gasteiger partial charge < -0.3 is 10.1 Å². The van der Waals surface area contributed by atoms with E-state index in [2.05, 4.69) is 15.5 Å². The number of nitrogens with one attached hydrogen (secondary N) is 2. The topological polar surface area (TPSA) is 87.3 Å². The lowest BCUT2D eigenvalue weighted by molar-refractivity contribution is -0.123. The van der Waals surface area contributed by atoms with Crippen molar-refractivity contribution in [2.75, 3.05) is 11.9 Å². The first kappa shape index (κ1) is 24.3. The third kappa shape index (κ3) is 5.92. The van der Waals surface area contributed by atoms with Gasteiger partial charge in [-0.2, -0.15) is 5.10 Å². The molecule has 3 aromatic rings. The van der Waals surface area contributed by atoms with Gasteiger partial charge in [-0.05, 0) is 57.4 Å². The average Bonchev–Trinajstić information content (AvgIpc) is 3.27. The second kappa shape index (κ2) is 10.5. The Morgan fingerprint density at radius 1 is 1.15 bits per heavy atom. The molecule has 0 radical (unpaired) electrons. The molecule has 2 aromatic carbocycles. The van der Waals surface area contributed by atoms with E-state index in [-0.39, 0.29) is 14.7 Å². The maximum absolute atomic E-state index is 13.5. The maximum Gasteiger partial charge on any atom is 0.410 e. The molecule has 1 aliphatic heterocycles. The van der Waals surface area contributed by atoms with Crippen molar-refractivity contribution in [2.45, 2.75) is 65.0 Å². The van der Waals surface area contributed by atoms with E-state index in [4.69, 9.17) is 4.74 Å². The number of H-pyrrole nitrogens is 1. The van der Waals surface area contributed by atoms with Crippen molar-refractivity contribution in [3.63, 3.8) is 0 Å². The van der Waals surface area contributed by atoms with Crippen molar-refractivity contribution in [3.8, 4) is 0 Å². The Bertz CT molecular complexity index is 1080. The van der Waals surface area contributed by atoms with Crippen molar-refractivity contribution in [1.82, 2.24) is 15.1 Å². The fourth-order valence-corrected chi connectivity index (χ4v) is 4.13. The minimum Gasteiger partial charge on any atom is -0.444 e. The van der Waals surface area contributed by atoms with E-state index in [0.717, 1.165) is 29.3 Å². The molecule has 0 saturated carbocycles. The molecule has 7 heteroatoms. The average molecular weight is 455 g/mol. The van der Waals surface area contributed by atoms with Crippen LogP contribution in [0.2, 0.25) is 0 Å². The van der Waals surface area contributed by atoms with Crippen LogP contribution in [0.1, 0.15) is 61.8 Å². The summed E-state index contributed by atoms with van der Waals surface area (Å²) in [6.07, 6.45) is 2.88. The summed E-state index contributed by atoms with van der Waals surface area (Å²) >= 11 is 0. The molecule has 2 heterocycles. The highest BCUT2D eigenvalue weighted by atomic mass is 16.6. The Morgan fingerprint density at radius 3 is 2.58 bits per heavy atom. The van der Waals surface area contributed by atoms with Gasteiger partial charge in [-0.15, -0.1) is 0 Å². The summed E-state index contributed by atoms with van der Waals surface area (Å²) in [5.41, 5.74) is 1.97. The molecule has 1 aromatic heterocycles. The standard InChI is InChI=1S/C24H28N4O3.C2H6.2H2/c1-24(2,3)31-23(30)28-13-7-10-19(16-8-5-4-6-9-16)21(28)22(29)26-18-11-12-20-17(14-18)15-25-27-20;1-2;;/h4-6,8-9,11-12,14-15,19,21H,7,10,13H2,1-3H3,(H,25,27)(H,26,29);1-2H3;2*1H. The molecular formula is C26H38N4O3. The molecule has 7 nitrogen and oxygen atoms in total. The summed E-state index contributed by atoms with van der Waals surface area (Å²) in [5.74, 6) is -0.331. The normalized spacial score (nSPS) is 18.3. The zero-order valence-electron chi connectivity index (χ0n) is 20.1. The monoisotopic (exact) mass is 454 g/mol. The molecule has 0 spiro atoms. The largest absolute Gasteiger partial charge is 0.444 e. The fourth-order valence-electron chi connectivity index (χ4n) is 4.13. The molecule has 0 aliphatic carbocycles. The van der Waals surface area contributed by atoms with E-state index in [0.29, 0.717) is 12.2 Å². The lowest BCUT2D eigenvalue weighted by Gasteiger charge is -2.40. The Labute approximate surface area is 198 Å². The molecule has 2 unspecified atom stereocenters. The van der Waals surface area contributed by atoms with Crippen molar-refractivity contribution >= 4 is 28.6 Å². The van der Waals surface area contributed by atoms with Gasteiger partial charge in [-0.25, -0.2) is 4.79 Å². The van der Waals surface area contributed by atoms with E-state index in [9.17, 15) is 9.59 Å². The number of rotatable bonds is 3. The van der Waals surface area contributed by atoms with Crippen LogP contribution in [0, 0.1) is 0 Å². The smallest absolute Gasteiger partial charge is 0.410 e. The minimum absolute atomic E-state index is 0. The van der Waals surface area contributed by atoms with Gasteiger partial charge in [-0.3, -0.25) is 14.8 Å². The molecule has 2 N–H and O–H groups in total. The molecule has 2 atom stereocenters. The number of nitrogens with zero attached hydrogens (tertiary/aromatic N) is 2. The van der Waals surface area contributed by atoms with Crippen molar-refractivity contribution in [1.29, 1.82) is 0 Å². The van der Waals surface area contributed by atoms with E-state index in [1.165, 1.54) is 0 Å². The molecule has 1 fully saturated rings. The molecule has 4 rings (SSSR count). The highest BCUT2D eigenvalue weighted by Crippen LogP contribution is 2.34. The summed E-state index contributed by atoms with van der Waals surface area (Å²) in [6, 6.07) is 14.8. The molecule has 0 bridgehead atoms. The predicted molar refractivity (Wildman–Crippen MR) is 135 cm³/mol. The molecule has 1 aliphatic rings. The Morgan fingerprint density at radius 2 is 1.88 bits per heavy atom. The third-order valence-electron chi connectivity index (χ3n) is 5.46. The first-order valence-corrected chi connectivity index (χ1v) is 11.6. The van der Waals surface area contributed by atoms with Crippen LogP contribution in [0.15, 0.2) is 54.7 Å². The van der Waals surface area contributed by atoms with Crippen LogP contribution in [0.3, 0.4) is 0 Å². The number of amides is 2. The number of hydrogen-bond donors (Lipinski definition) is 2. The predicted octanol–water partition coefficient (Wildman–Crippen LogP) is 6.20. The maximum atomic E-state index is 13.5. The number of hydrogen-bond acceptors (Lipinski definition) is 4. The highest BCUT2D eigenvalue weighted by Gasteiger charge is 2.41. The van der Waals surface area contributed by atoms with Crippen LogP contribution < -0.4 is 5.32 Å². The van der Waals surface area contributed by atoms with E-state index < -0.39 is 17.7 Å². The van der Waals surface area contributed by atoms with Gasteiger partial charge in [0.2, 0.25) is 5.91 Å². The number of carbonyl (C=O) groups is 2. The number of fused-ring (bicyclic) bond motifs is 1. The second-order valence-electron chi connectivity index (χ2n) is 8.94. The lowest BCUT2D eigenvalue weighted by Crippen LogP contribution is -2.54. The van der Waals surface area contributed by atoms with Crippen LogP contribution in [-0.4, -0.2) is 45.3 Å². The van der Waals surface area contributed by atoms with Crippen LogP contribution in [0.4, 0.5) is 10.5 Å². The summed E-state index contributed by atoms with van der Waals surface area (Å²) < 4.78 is 5.63. The summed E-state index contributed by atoms with van der Waals surface area (Å²) in [5, 5.41) is 10.8. The quantitative estimate of drug-likeness (QED) is 0.493. The van der Waals surface area contributed by atoms with E-state index in [1.54, 1.807) is 11.1 Å². The number of aromatic nitrogens is 2. The van der Waals surface area contributed by atoms with Crippen LogP contribution in [0.25, 0.3) is 10.9 Å². The summed E-state index contributed by atoms with van der Waals surface area (Å²) in [7, 11) is 0. The number of anilines is 1. The van der Waals surface area contributed by atoms with Gasteiger partial charge in [0.15, 0.2) is 0 Å². The third-order valence-corrected chi connectivity index (χ3v) is 5.46. The molecule has 33 heavy (non-hydrogen) atoms. The number of benzene rings is 2. The van der Waals surface area contributed by atoms with Crippen LogP contribution in [0.5, 0.6) is 0 Å². The van der Waals surface area contributed by atoms with Crippen molar-refractivity contribution in [3.05, 3.63) is 60.3 Å². The van der Waals surface area contributed by atoms with Gasteiger partial charge in [0.25, 0.3) is 0 Å². The first-order valence-electron chi connectivity index (χ1n) is 11.6. The van der Waals surface area contributed by atoms with E-state index >= 15 is 0 Å². The number of likely N-dealkylation sites (tertiary alicyclic amines) is 1. The van der Waals surface area contributed by atoms with Gasteiger partial charge in [-0.1, -0.05) is 44.2 Å². The highest BCUT2D eigenvalue weighted by molar-refractivity contribution is 5.99. The summed E-state index contributed by atoms with van der Waals surface area (Å²) in [4.78, 5) is 28.1. The van der Waals surface area contributed by atoms with Gasteiger partial charge in [0.1, 0.15) is 11.6 Å². The van der Waals surface area contributed by atoms with Crippen LogP contribution in [-0.2, 0) is 9.53 Å². The minimum atomic E-state index is -0.661. The zero-order valence-corrected chi connectivity index (χ0v) is 20.1. The number of carbonyl (C=O) groups excluding carboxylic acids is 2. The van der Waals surface area contributed by atoms with Gasteiger partial charge in [0, 0.05) is 26.4 Å². The van der Waals surface area contributed by atoms with E-state index in [1.807, 2.05) is 83.1 Å². The van der Waals surface area contributed by atoms with Crippen molar-refractivity contribution in [2.24, 2.45) is 0 Å². The number of ether oxygens (including phenoxy) is 1. The Hall–Kier alpha value is -3.35. The number of aromatic amines is 1. The molecule has 180 valence electrons. The zero-order chi connectivity index (χ0) is 24.0. The molecule has 2 amide bonds. The molecule has 1 saturated heterocycles. The first-order chi connectivity index (χ1) is 15.8. The SMILES string of the molecule is CC.CC(C)(C)OC(=O)N1CCCC(c2ccccc2)C1C(=O)Nc1ccc2[nH]ncc2c1.[HH].[HH]. The Kier molecular flexibility index (Phi) is 7.74. The number of piperidine rings is 1.